The van der Waals surface area contributed by atoms with Gasteiger partial charge in [-0.15, -0.1) is 0 Å². The van der Waals surface area contributed by atoms with Crippen LogP contribution in [0.15, 0.2) is 48.5 Å². The molecule has 3 aromatic rings. The van der Waals surface area contributed by atoms with E-state index in [0.717, 1.165) is 53.2 Å². The SMILES string of the molecule is COc1nc(-c2cccc(-c3cccc4c3CCC4)c2Cl)ccc1CNCC1CCC(=O)N1. The van der Waals surface area contributed by atoms with Crippen LogP contribution in [0.25, 0.3) is 22.4 Å². The molecule has 0 radical (unpaired) electrons. The Kier molecular flexibility index (Phi) is 6.34. The molecule has 0 saturated carbocycles. The minimum Gasteiger partial charge on any atom is -0.481 e. The van der Waals surface area contributed by atoms with Crippen LogP contribution in [0.1, 0.15) is 36.0 Å². The largest absolute Gasteiger partial charge is 0.481 e. The van der Waals surface area contributed by atoms with Crippen molar-refractivity contribution < 1.29 is 9.53 Å². The van der Waals surface area contributed by atoms with Crippen molar-refractivity contribution in [3.8, 4) is 28.3 Å². The first-order valence-electron chi connectivity index (χ1n) is 11.6. The van der Waals surface area contributed by atoms with Crippen LogP contribution in [-0.2, 0) is 24.2 Å². The molecule has 2 aliphatic rings. The molecule has 0 spiro atoms. The molecule has 0 bridgehead atoms. The zero-order valence-electron chi connectivity index (χ0n) is 18.8. The molecule has 2 N–H and O–H groups in total. The van der Waals surface area contributed by atoms with Crippen molar-refractivity contribution in [3.63, 3.8) is 0 Å². The number of hydrogen-bond donors (Lipinski definition) is 2. The molecular weight excluding hydrogens is 434 g/mol. The summed E-state index contributed by atoms with van der Waals surface area (Å²) in [6.07, 6.45) is 4.92. The number of carbonyl (C=O) groups is 1. The molecule has 2 heterocycles. The quantitative estimate of drug-likeness (QED) is 0.523. The third kappa shape index (κ3) is 4.48. The molecule has 1 aliphatic carbocycles. The van der Waals surface area contributed by atoms with E-state index in [9.17, 15) is 4.79 Å². The number of aromatic nitrogens is 1. The Labute approximate surface area is 199 Å². The Bertz CT molecular complexity index is 1190. The predicted molar refractivity (Wildman–Crippen MR) is 132 cm³/mol. The number of benzene rings is 2. The second-order valence-electron chi connectivity index (χ2n) is 8.76. The van der Waals surface area contributed by atoms with Gasteiger partial charge >= 0.3 is 0 Å². The third-order valence-electron chi connectivity index (χ3n) is 6.63. The number of hydrogen-bond acceptors (Lipinski definition) is 4. The normalized spacial score (nSPS) is 17.2. The number of fused-ring (bicyclic) bond motifs is 1. The molecule has 1 aromatic heterocycles. The van der Waals surface area contributed by atoms with Gasteiger partial charge in [0.2, 0.25) is 11.8 Å². The lowest BCUT2D eigenvalue weighted by Crippen LogP contribution is -2.35. The fourth-order valence-corrected chi connectivity index (χ4v) is 5.28. The maximum Gasteiger partial charge on any atom is 0.220 e. The number of amides is 1. The van der Waals surface area contributed by atoms with Gasteiger partial charge in [-0.3, -0.25) is 4.79 Å². The summed E-state index contributed by atoms with van der Waals surface area (Å²) in [6.45, 7) is 1.35. The molecule has 2 aromatic carbocycles. The average Bonchev–Trinajstić information content (AvgIpc) is 3.48. The average molecular weight is 462 g/mol. The van der Waals surface area contributed by atoms with Crippen molar-refractivity contribution >= 4 is 17.5 Å². The summed E-state index contributed by atoms with van der Waals surface area (Å²) in [6, 6.07) is 16.9. The smallest absolute Gasteiger partial charge is 0.220 e. The Morgan fingerprint density at radius 3 is 2.70 bits per heavy atom. The van der Waals surface area contributed by atoms with Crippen LogP contribution in [0.2, 0.25) is 5.02 Å². The minimum absolute atomic E-state index is 0.130. The van der Waals surface area contributed by atoms with Crippen LogP contribution in [0.4, 0.5) is 0 Å². The molecule has 5 nitrogen and oxygen atoms in total. The topological polar surface area (TPSA) is 63.2 Å². The standard InChI is InChI=1S/C27H28ClN3O2/c1-33-27-18(15-29-16-19-12-14-25(32)30-19)11-13-24(31-27)23-10-4-9-22(26(23)28)21-8-3-6-17-5-2-7-20(17)21/h3-4,6,8-11,13,19,29H,2,5,7,12,14-16H2,1H3,(H,30,32). The number of ether oxygens (including phenoxy) is 1. The van der Waals surface area contributed by atoms with Gasteiger partial charge in [-0.2, -0.15) is 0 Å². The molecule has 1 amide bonds. The fourth-order valence-electron chi connectivity index (χ4n) is 4.95. The van der Waals surface area contributed by atoms with E-state index in [1.807, 2.05) is 24.3 Å². The van der Waals surface area contributed by atoms with E-state index >= 15 is 0 Å². The van der Waals surface area contributed by atoms with Crippen molar-refractivity contribution in [2.75, 3.05) is 13.7 Å². The van der Waals surface area contributed by atoms with Crippen LogP contribution in [0.3, 0.4) is 0 Å². The fraction of sp³-hybridized carbons (Fsp3) is 0.333. The van der Waals surface area contributed by atoms with Gasteiger partial charge in [-0.1, -0.05) is 54.1 Å². The highest BCUT2D eigenvalue weighted by Crippen LogP contribution is 2.40. The second kappa shape index (κ2) is 9.54. The maximum atomic E-state index is 11.4. The molecule has 1 aliphatic heterocycles. The minimum atomic E-state index is 0.130. The number of rotatable bonds is 7. The zero-order chi connectivity index (χ0) is 22.8. The van der Waals surface area contributed by atoms with Crippen molar-refractivity contribution in [1.29, 1.82) is 0 Å². The predicted octanol–water partition coefficient (Wildman–Crippen LogP) is 4.93. The molecule has 1 fully saturated rings. The van der Waals surface area contributed by atoms with Crippen molar-refractivity contribution in [2.24, 2.45) is 0 Å². The van der Waals surface area contributed by atoms with E-state index in [0.29, 0.717) is 18.8 Å². The van der Waals surface area contributed by atoms with Gasteiger partial charge in [0.1, 0.15) is 0 Å². The number of halogens is 1. The summed E-state index contributed by atoms with van der Waals surface area (Å²) in [7, 11) is 1.64. The molecular formula is C27H28ClN3O2. The van der Waals surface area contributed by atoms with Crippen LogP contribution in [0, 0.1) is 0 Å². The number of pyridine rings is 1. The highest BCUT2D eigenvalue weighted by atomic mass is 35.5. The van der Waals surface area contributed by atoms with Crippen LogP contribution >= 0.6 is 11.6 Å². The summed E-state index contributed by atoms with van der Waals surface area (Å²) in [4.78, 5) is 16.2. The van der Waals surface area contributed by atoms with Crippen molar-refractivity contribution in [1.82, 2.24) is 15.6 Å². The van der Waals surface area contributed by atoms with Crippen molar-refractivity contribution in [2.45, 2.75) is 44.7 Å². The van der Waals surface area contributed by atoms with Gasteiger partial charge < -0.3 is 15.4 Å². The first-order valence-corrected chi connectivity index (χ1v) is 12.0. The number of nitrogens with one attached hydrogen (secondary N) is 2. The molecule has 1 saturated heterocycles. The van der Waals surface area contributed by atoms with Gasteiger partial charge in [-0.25, -0.2) is 4.98 Å². The third-order valence-corrected chi connectivity index (χ3v) is 7.04. The summed E-state index contributed by atoms with van der Waals surface area (Å²) >= 11 is 6.96. The van der Waals surface area contributed by atoms with E-state index in [4.69, 9.17) is 21.3 Å². The summed E-state index contributed by atoms with van der Waals surface area (Å²) in [5.74, 6) is 0.711. The molecule has 6 heteroatoms. The Hall–Kier alpha value is -2.89. The molecule has 33 heavy (non-hydrogen) atoms. The lowest BCUT2D eigenvalue weighted by Gasteiger charge is -2.15. The Morgan fingerprint density at radius 1 is 1.06 bits per heavy atom. The summed E-state index contributed by atoms with van der Waals surface area (Å²) < 4.78 is 5.60. The van der Waals surface area contributed by atoms with E-state index in [2.05, 4.69) is 34.9 Å². The van der Waals surface area contributed by atoms with Crippen molar-refractivity contribution in [3.05, 3.63) is 70.2 Å². The van der Waals surface area contributed by atoms with Crippen LogP contribution in [-0.4, -0.2) is 30.6 Å². The Morgan fingerprint density at radius 2 is 1.88 bits per heavy atom. The molecule has 1 unspecified atom stereocenters. The number of nitrogens with zero attached hydrogens (tertiary/aromatic N) is 1. The lowest BCUT2D eigenvalue weighted by atomic mass is 9.95. The monoisotopic (exact) mass is 461 g/mol. The highest BCUT2D eigenvalue weighted by molar-refractivity contribution is 6.36. The number of aryl methyl sites for hydroxylation is 1. The van der Waals surface area contributed by atoms with E-state index < -0.39 is 0 Å². The second-order valence-corrected chi connectivity index (χ2v) is 9.14. The first kappa shape index (κ1) is 21.9. The molecule has 170 valence electrons. The van der Waals surface area contributed by atoms with E-state index in [1.165, 1.54) is 23.1 Å². The summed E-state index contributed by atoms with van der Waals surface area (Å²) in [5, 5.41) is 7.10. The highest BCUT2D eigenvalue weighted by Gasteiger charge is 2.21. The van der Waals surface area contributed by atoms with E-state index in [-0.39, 0.29) is 11.9 Å². The van der Waals surface area contributed by atoms with Gasteiger partial charge in [0.05, 0.1) is 17.8 Å². The number of methoxy groups -OCH3 is 1. The first-order chi connectivity index (χ1) is 16.1. The maximum absolute atomic E-state index is 11.4. The summed E-state index contributed by atoms with van der Waals surface area (Å²) in [5.41, 5.74) is 7.79. The van der Waals surface area contributed by atoms with Gasteiger partial charge in [0, 0.05) is 42.2 Å². The van der Waals surface area contributed by atoms with E-state index in [1.54, 1.807) is 7.11 Å². The van der Waals surface area contributed by atoms with Gasteiger partial charge in [-0.05, 0) is 48.4 Å². The van der Waals surface area contributed by atoms with Gasteiger partial charge in [0.15, 0.2) is 0 Å². The Balaban J connectivity index is 1.39. The van der Waals surface area contributed by atoms with Crippen LogP contribution < -0.4 is 15.4 Å². The van der Waals surface area contributed by atoms with Gasteiger partial charge in [0.25, 0.3) is 0 Å². The lowest BCUT2D eigenvalue weighted by molar-refractivity contribution is -0.119. The number of carbonyl (C=O) groups excluding carboxylic acids is 1. The zero-order valence-corrected chi connectivity index (χ0v) is 19.5. The molecule has 1 atom stereocenters. The molecule has 5 rings (SSSR count). The van der Waals surface area contributed by atoms with Crippen LogP contribution in [0.5, 0.6) is 5.88 Å².